The number of ether oxygens (including phenoxy) is 1. The van der Waals surface area contributed by atoms with Crippen molar-refractivity contribution in [1.82, 2.24) is 5.32 Å². The Balaban J connectivity index is 1.95. The molecule has 0 saturated heterocycles. The van der Waals surface area contributed by atoms with Gasteiger partial charge in [-0.05, 0) is 36.5 Å². The molecule has 1 saturated carbocycles. The van der Waals surface area contributed by atoms with E-state index in [0.29, 0.717) is 12.3 Å². The Hall–Kier alpha value is -1.55. The van der Waals surface area contributed by atoms with Crippen molar-refractivity contribution in [1.29, 1.82) is 0 Å². The molecule has 2 N–H and O–H groups in total. The van der Waals surface area contributed by atoms with Gasteiger partial charge in [-0.25, -0.2) is 0 Å². The molecule has 21 heavy (non-hydrogen) atoms. The molecule has 116 valence electrons. The van der Waals surface area contributed by atoms with Gasteiger partial charge in [0.1, 0.15) is 5.75 Å². The monoisotopic (exact) mass is 291 g/mol. The van der Waals surface area contributed by atoms with E-state index in [1.165, 1.54) is 6.42 Å². The summed E-state index contributed by atoms with van der Waals surface area (Å²) in [4.78, 5) is 12.3. The van der Waals surface area contributed by atoms with Crippen LogP contribution in [0, 0.1) is 5.92 Å². The van der Waals surface area contributed by atoms with Crippen molar-refractivity contribution in [2.75, 3.05) is 13.7 Å². The van der Waals surface area contributed by atoms with Gasteiger partial charge in [-0.3, -0.25) is 4.79 Å². The van der Waals surface area contributed by atoms with Crippen molar-refractivity contribution in [3.05, 3.63) is 29.8 Å². The number of hydrogen-bond acceptors (Lipinski definition) is 3. The van der Waals surface area contributed by atoms with E-state index in [0.717, 1.165) is 30.6 Å². The molecule has 0 aromatic heterocycles. The minimum Gasteiger partial charge on any atom is -0.497 e. The fourth-order valence-corrected chi connectivity index (χ4v) is 3.23. The third-order valence-corrected chi connectivity index (χ3v) is 4.32. The maximum absolute atomic E-state index is 12.3. The van der Waals surface area contributed by atoms with Crippen LogP contribution in [0.2, 0.25) is 0 Å². The highest BCUT2D eigenvalue weighted by Crippen LogP contribution is 2.32. The Morgan fingerprint density at radius 1 is 1.43 bits per heavy atom. The zero-order valence-corrected chi connectivity index (χ0v) is 12.9. The molecule has 2 rings (SSSR count). The van der Waals surface area contributed by atoms with Crippen LogP contribution in [0.3, 0.4) is 0 Å². The summed E-state index contributed by atoms with van der Waals surface area (Å²) < 4.78 is 5.11. The van der Waals surface area contributed by atoms with Crippen molar-refractivity contribution in [2.45, 2.75) is 44.6 Å². The highest BCUT2D eigenvalue weighted by atomic mass is 16.5. The Morgan fingerprint density at radius 2 is 2.14 bits per heavy atom. The first-order valence-corrected chi connectivity index (χ1v) is 7.62. The fraction of sp³-hybridized carbons (Fsp3) is 0.588. The second-order valence-electron chi connectivity index (χ2n) is 6.21. The number of methoxy groups -OCH3 is 1. The molecule has 0 radical (unpaired) electrons. The number of hydrogen-bond donors (Lipinski definition) is 2. The molecule has 2 atom stereocenters. The van der Waals surface area contributed by atoms with E-state index in [2.05, 4.69) is 12.2 Å². The van der Waals surface area contributed by atoms with Gasteiger partial charge in [0.15, 0.2) is 0 Å². The first kappa shape index (κ1) is 15.8. The SMILES string of the molecule is COc1ccc(CC(=O)NC2(CO)CCCC(C)C2)cc1. The molecule has 0 spiro atoms. The van der Waals surface area contributed by atoms with Crippen molar-refractivity contribution in [2.24, 2.45) is 5.92 Å². The number of aliphatic hydroxyl groups excluding tert-OH is 1. The number of nitrogens with one attached hydrogen (secondary N) is 1. The highest BCUT2D eigenvalue weighted by Gasteiger charge is 2.35. The van der Waals surface area contributed by atoms with Gasteiger partial charge >= 0.3 is 0 Å². The van der Waals surface area contributed by atoms with Gasteiger partial charge in [0.2, 0.25) is 5.91 Å². The molecule has 2 unspecified atom stereocenters. The lowest BCUT2D eigenvalue weighted by molar-refractivity contribution is -0.123. The van der Waals surface area contributed by atoms with E-state index >= 15 is 0 Å². The number of amides is 1. The maximum Gasteiger partial charge on any atom is 0.224 e. The van der Waals surface area contributed by atoms with Crippen LogP contribution in [-0.2, 0) is 11.2 Å². The van der Waals surface area contributed by atoms with Crippen LogP contribution in [0.4, 0.5) is 0 Å². The Bertz CT molecular complexity index is 471. The van der Waals surface area contributed by atoms with Crippen LogP contribution in [0.5, 0.6) is 5.75 Å². The van der Waals surface area contributed by atoms with Crippen molar-refractivity contribution >= 4 is 5.91 Å². The molecular weight excluding hydrogens is 266 g/mol. The van der Waals surface area contributed by atoms with Crippen LogP contribution < -0.4 is 10.1 Å². The van der Waals surface area contributed by atoms with E-state index < -0.39 is 5.54 Å². The van der Waals surface area contributed by atoms with Gasteiger partial charge in [-0.15, -0.1) is 0 Å². The van der Waals surface area contributed by atoms with Crippen LogP contribution in [0.1, 0.15) is 38.2 Å². The number of benzene rings is 1. The maximum atomic E-state index is 12.3. The number of rotatable bonds is 5. The van der Waals surface area contributed by atoms with Gasteiger partial charge in [-0.2, -0.15) is 0 Å². The van der Waals surface area contributed by atoms with Gasteiger partial charge in [0.05, 0.1) is 25.7 Å². The average Bonchev–Trinajstić information content (AvgIpc) is 2.48. The molecule has 0 bridgehead atoms. The molecular formula is C17H25NO3. The van der Waals surface area contributed by atoms with E-state index in [4.69, 9.17) is 4.74 Å². The summed E-state index contributed by atoms with van der Waals surface area (Å²) in [5.74, 6) is 1.31. The molecule has 1 amide bonds. The highest BCUT2D eigenvalue weighted by molar-refractivity contribution is 5.79. The van der Waals surface area contributed by atoms with Crippen LogP contribution in [-0.4, -0.2) is 30.3 Å². The largest absolute Gasteiger partial charge is 0.497 e. The van der Waals surface area contributed by atoms with Gasteiger partial charge in [-0.1, -0.05) is 31.9 Å². The lowest BCUT2D eigenvalue weighted by Gasteiger charge is -2.39. The van der Waals surface area contributed by atoms with Gasteiger partial charge in [0.25, 0.3) is 0 Å². The first-order chi connectivity index (χ1) is 10.1. The van der Waals surface area contributed by atoms with Crippen LogP contribution >= 0.6 is 0 Å². The van der Waals surface area contributed by atoms with E-state index in [-0.39, 0.29) is 12.5 Å². The summed E-state index contributed by atoms with van der Waals surface area (Å²) >= 11 is 0. The predicted octanol–water partition coefficient (Wildman–Crippen LogP) is 2.30. The first-order valence-electron chi connectivity index (χ1n) is 7.62. The summed E-state index contributed by atoms with van der Waals surface area (Å²) in [6, 6.07) is 7.50. The molecule has 1 aliphatic carbocycles. The zero-order valence-electron chi connectivity index (χ0n) is 12.9. The third kappa shape index (κ3) is 4.21. The average molecular weight is 291 g/mol. The van der Waals surface area contributed by atoms with E-state index in [1.807, 2.05) is 24.3 Å². The zero-order chi connectivity index (χ0) is 15.3. The van der Waals surface area contributed by atoms with Crippen molar-refractivity contribution < 1.29 is 14.6 Å². The number of aliphatic hydroxyl groups is 1. The van der Waals surface area contributed by atoms with Crippen LogP contribution in [0.25, 0.3) is 0 Å². The lowest BCUT2D eigenvalue weighted by atomic mass is 9.76. The van der Waals surface area contributed by atoms with Crippen molar-refractivity contribution in [3.63, 3.8) is 0 Å². The fourth-order valence-electron chi connectivity index (χ4n) is 3.23. The summed E-state index contributed by atoms with van der Waals surface area (Å²) in [5, 5.41) is 12.8. The summed E-state index contributed by atoms with van der Waals surface area (Å²) in [6.07, 6.45) is 4.29. The molecule has 1 aromatic rings. The normalized spacial score (nSPS) is 25.4. The lowest BCUT2D eigenvalue weighted by Crippen LogP contribution is -2.54. The van der Waals surface area contributed by atoms with Gasteiger partial charge < -0.3 is 15.2 Å². The molecule has 4 nitrogen and oxygen atoms in total. The standard InChI is InChI=1S/C17H25NO3/c1-13-4-3-9-17(11-13,12-19)18-16(20)10-14-5-7-15(21-2)8-6-14/h5-8,13,19H,3-4,9-12H2,1-2H3,(H,18,20). The topological polar surface area (TPSA) is 58.6 Å². The molecule has 1 aromatic carbocycles. The molecule has 4 heteroatoms. The Labute approximate surface area is 126 Å². The predicted molar refractivity (Wildman–Crippen MR) is 82.3 cm³/mol. The number of carbonyl (C=O) groups is 1. The summed E-state index contributed by atoms with van der Waals surface area (Å²) in [5.41, 5.74) is 0.520. The van der Waals surface area contributed by atoms with E-state index in [9.17, 15) is 9.90 Å². The summed E-state index contributed by atoms with van der Waals surface area (Å²) in [7, 11) is 1.62. The Morgan fingerprint density at radius 3 is 2.71 bits per heavy atom. The Kier molecular flexibility index (Phi) is 5.23. The molecule has 1 aliphatic rings. The van der Waals surface area contributed by atoms with E-state index in [1.54, 1.807) is 7.11 Å². The van der Waals surface area contributed by atoms with Crippen molar-refractivity contribution in [3.8, 4) is 5.75 Å². The summed E-state index contributed by atoms with van der Waals surface area (Å²) in [6.45, 7) is 2.20. The second kappa shape index (κ2) is 6.94. The molecule has 0 heterocycles. The second-order valence-corrected chi connectivity index (χ2v) is 6.21. The minimum absolute atomic E-state index is 0.0195. The minimum atomic E-state index is -0.429. The molecule has 0 aliphatic heterocycles. The third-order valence-electron chi connectivity index (χ3n) is 4.32. The van der Waals surface area contributed by atoms with Crippen LogP contribution in [0.15, 0.2) is 24.3 Å². The quantitative estimate of drug-likeness (QED) is 0.875. The molecule has 1 fully saturated rings. The smallest absolute Gasteiger partial charge is 0.224 e. The number of carbonyl (C=O) groups excluding carboxylic acids is 1. The van der Waals surface area contributed by atoms with Gasteiger partial charge in [0, 0.05) is 0 Å².